The van der Waals surface area contributed by atoms with Crippen molar-refractivity contribution in [3.05, 3.63) is 28.5 Å². The van der Waals surface area contributed by atoms with Gasteiger partial charge in [-0.25, -0.2) is 4.98 Å². The molecule has 4 rings (SSSR count). The molecule has 2 bridgehead atoms. The summed E-state index contributed by atoms with van der Waals surface area (Å²) in [5.74, 6) is -1.69. The molecule has 0 saturated carbocycles. The molecule has 0 radical (unpaired) electrons. The summed E-state index contributed by atoms with van der Waals surface area (Å²) in [5, 5.41) is 0.405. The maximum Gasteiger partial charge on any atom is 0.471 e. The van der Waals surface area contributed by atoms with E-state index in [1.807, 2.05) is 0 Å². The van der Waals surface area contributed by atoms with E-state index in [1.165, 1.54) is 0 Å². The summed E-state index contributed by atoms with van der Waals surface area (Å²) in [5.41, 5.74) is 1.69. The van der Waals surface area contributed by atoms with Crippen LogP contribution in [0.4, 0.5) is 13.2 Å². The first-order valence-corrected chi connectivity index (χ1v) is 7.75. The van der Waals surface area contributed by atoms with Gasteiger partial charge in [0.05, 0.1) is 0 Å². The highest BCUT2D eigenvalue weighted by atomic mass is 35.5. The van der Waals surface area contributed by atoms with Gasteiger partial charge in [-0.2, -0.15) is 13.2 Å². The molecule has 2 fully saturated rings. The molecule has 7 heteroatoms. The molecule has 1 spiro atoms. The molecular formula is C15H14ClF3N2O. The first-order chi connectivity index (χ1) is 10.3. The van der Waals surface area contributed by atoms with Crippen molar-refractivity contribution in [1.82, 2.24) is 9.88 Å². The number of aryl methyl sites for hydroxylation is 1. The second-order valence-electron chi connectivity index (χ2n) is 6.48. The molecule has 0 aromatic carbocycles. The van der Waals surface area contributed by atoms with Crippen molar-refractivity contribution in [2.75, 3.05) is 0 Å². The van der Waals surface area contributed by atoms with Gasteiger partial charge in [-0.15, -0.1) is 0 Å². The lowest BCUT2D eigenvalue weighted by atomic mass is 9.70. The molecule has 2 aliphatic heterocycles. The monoisotopic (exact) mass is 330 g/mol. The highest BCUT2D eigenvalue weighted by Crippen LogP contribution is 2.57. The molecule has 1 aromatic heterocycles. The number of amides is 1. The number of halogens is 4. The second kappa shape index (κ2) is 4.37. The Kier molecular flexibility index (Phi) is 2.84. The van der Waals surface area contributed by atoms with Gasteiger partial charge in [0.1, 0.15) is 5.15 Å². The lowest BCUT2D eigenvalue weighted by Gasteiger charge is -2.34. The number of carbonyl (C=O) groups is 1. The Morgan fingerprint density at radius 2 is 2.18 bits per heavy atom. The average molecular weight is 331 g/mol. The van der Waals surface area contributed by atoms with Crippen molar-refractivity contribution >= 4 is 17.5 Å². The van der Waals surface area contributed by atoms with E-state index in [-0.39, 0.29) is 17.5 Å². The summed E-state index contributed by atoms with van der Waals surface area (Å²) in [7, 11) is 0. The van der Waals surface area contributed by atoms with Crippen molar-refractivity contribution in [2.24, 2.45) is 0 Å². The number of nitrogens with zero attached hydrogens (tertiary/aromatic N) is 2. The maximum absolute atomic E-state index is 12.9. The fraction of sp³-hybridized carbons (Fsp3) is 0.600. The topological polar surface area (TPSA) is 33.2 Å². The van der Waals surface area contributed by atoms with E-state index in [0.29, 0.717) is 24.4 Å². The number of pyridine rings is 1. The standard InChI is InChI=1S/C15H14ClF3N2O/c16-12-5-8-3-4-14(10(8)7-20-12)6-9-1-2-11(14)21(9)13(22)15(17,18)19/h5,7,9,11H,1-4,6H2/t9-,11+,14-/m0/s1. The van der Waals surface area contributed by atoms with E-state index < -0.39 is 12.1 Å². The third-order valence-corrected chi connectivity index (χ3v) is 5.76. The number of carbonyl (C=O) groups excluding carboxylic acids is 1. The van der Waals surface area contributed by atoms with Gasteiger partial charge in [0.15, 0.2) is 0 Å². The lowest BCUT2D eigenvalue weighted by molar-refractivity contribution is -0.187. The zero-order valence-electron chi connectivity index (χ0n) is 11.7. The molecule has 118 valence electrons. The number of hydrogen-bond acceptors (Lipinski definition) is 2. The van der Waals surface area contributed by atoms with Gasteiger partial charge in [-0.1, -0.05) is 11.6 Å². The Morgan fingerprint density at radius 1 is 1.41 bits per heavy atom. The Bertz CT molecular complexity index is 663. The molecule has 2 saturated heterocycles. The molecule has 3 atom stereocenters. The molecule has 1 amide bonds. The summed E-state index contributed by atoms with van der Waals surface area (Å²) in [6, 6.07) is 1.13. The summed E-state index contributed by atoms with van der Waals surface area (Å²) >= 11 is 5.91. The van der Waals surface area contributed by atoms with Crippen LogP contribution in [0.3, 0.4) is 0 Å². The average Bonchev–Trinajstić information content (AvgIpc) is 3.09. The van der Waals surface area contributed by atoms with Gasteiger partial charge >= 0.3 is 12.1 Å². The Morgan fingerprint density at radius 3 is 2.91 bits per heavy atom. The van der Waals surface area contributed by atoms with Crippen LogP contribution in [0.5, 0.6) is 0 Å². The SMILES string of the molecule is O=C(N1[C@H]2CC[C@@H]1[C@@]1(CCc3cc(Cl)ncc31)C2)C(F)(F)F. The van der Waals surface area contributed by atoms with E-state index in [1.54, 1.807) is 12.3 Å². The molecule has 0 N–H and O–H groups in total. The fourth-order valence-corrected chi connectivity index (χ4v) is 4.99. The Labute approximate surface area is 130 Å². The van der Waals surface area contributed by atoms with Crippen molar-refractivity contribution in [1.29, 1.82) is 0 Å². The smallest absolute Gasteiger partial charge is 0.328 e. The minimum absolute atomic E-state index is 0.305. The summed E-state index contributed by atoms with van der Waals surface area (Å²) in [6.45, 7) is 0. The number of alkyl halides is 3. The van der Waals surface area contributed by atoms with E-state index >= 15 is 0 Å². The summed E-state index contributed by atoms with van der Waals surface area (Å²) < 4.78 is 38.6. The first kappa shape index (κ1) is 14.3. The zero-order valence-corrected chi connectivity index (χ0v) is 12.4. The fourth-order valence-electron chi connectivity index (χ4n) is 4.81. The molecule has 1 aromatic rings. The predicted molar refractivity (Wildman–Crippen MR) is 73.6 cm³/mol. The highest BCUT2D eigenvalue weighted by molar-refractivity contribution is 6.29. The minimum atomic E-state index is -4.80. The summed E-state index contributed by atoms with van der Waals surface area (Å²) in [6.07, 6.45) is 0.352. The van der Waals surface area contributed by atoms with Crippen LogP contribution in [0, 0.1) is 0 Å². The van der Waals surface area contributed by atoms with Crippen LogP contribution in [-0.4, -0.2) is 34.1 Å². The number of aromatic nitrogens is 1. The van der Waals surface area contributed by atoms with Gasteiger partial charge in [0.2, 0.25) is 0 Å². The maximum atomic E-state index is 12.9. The molecule has 3 nitrogen and oxygen atoms in total. The van der Waals surface area contributed by atoms with E-state index in [2.05, 4.69) is 4.98 Å². The van der Waals surface area contributed by atoms with E-state index in [4.69, 9.17) is 11.6 Å². The number of rotatable bonds is 0. The minimum Gasteiger partial charge on any atom is -0.328 e. The van der Waals surface area contributed by atoms with Crippen LogP contribution >= 0.6 is 11.6 Å². The largest absolute Gasteiger partial charge is 0.471 e. The second-order valence-corrected chi connectivity index (χ2v) is 6.87. The normalized spacial score (nSPS) is 32.8. The van der Waals surface area contributed by atoms with Gasteiger partial charge < -0.3 is 4.90 Å². The predicted octanol–water partition coefficient (Wildman–Crippen LogP) is 3.24. The van der Waals surface area contributed by atoms with Crippen molar-refractivity contribution < 1.29 is 18.0 Å². The zero-order chi connectivity index (χ0) is 15.7. The molecule has 1 aliphatic carbocycles. The van der Waals surface area contributed by atoms with Crippen LogP contribution in [0.2, 0.25) is 5.15 Å². The van der Waals surface area contributed by atoms with Gasteiger partial charge in [0.25, 0.3) is 0 Å². The van der Waals surface area contributed by atoms with Crippen LogP contribution in [-0.2, 0) is 16.6 Å². The molecule has 3 heterocycles. The third-order valence-electron chi connectivity index (χ3n) is 5.55. The number of hydrogen-bond donors (Lipinski definition) is 0. The van der Waals surface area contributed by atoms with Gasteiger partial charge in [-0.05, 0) is 49.3 Å². The highest BCUT2D eigenvalue weighted by Gasteiger charge is 2.63. The quantitative estimate of drug-likeness (QED) is 0.684. The lowest BCUT2D eigenvalue weighted by Crippen LogP contribution is -2.47. The van der Waals surface area contributed by atoms with Crippen molar-refractivity contribution in [2.45, 2.75) is 55.8 Å². The van der Waals surface area contributed by atoms with Crippen LogP contribution < -0.4 is 0 Å². The van der Waals surface area contributed by atoms with E-state index in [0.717, 1.165) is 28.9 Å². The van der Waals surface area contributed by atoms with Gasteiger partial charge in [0, 0.05) is 23.7 Å². The molecule has 3 aliphatic rings. The van der Waals surface area contributed by atoms with E-state index in [9.17, 15) is 18.0 Å². The van der Waals surface area contributed by atoms with Crippen molar-refractivity contribution in [3.8, 4) is 0 Å². The van der Waals surface area contributed by atoms with Crippen LogP contribution in [0.25, 0.3) is 0 Å². The van der Waals surface area contributed by atoms with Crippen LogP contribution in [0.1, 0.15) is 36.8 Å². The molecular weight excluding hydrogens is 317 g/mol. The Hall–Kier alpha value is -1.30. The first-order valence-electron chi connectivity index (χ1n) is 7.37. The third kappa shape index (κ3) is 1.76. The van der Waals surface area contributed by atoms with Gasteiger partial charge in [-0.3, -0.25) is 4.79 Å². The molecule has 22 heavy (non-hydrogen) atoms. The Balaban J connectivity index is 1.75. The number of fused-ring (bicyclic) bond motifs is 5. The van der Waals surface area contributed by atoms with Crippen LogP contribution in [0.15, 0.2) is 12.3 Å². The van der Waals surface area contributed by atoms with Crippen molar-refractivity contribution in [3.63, 3.8) is 0 Å². The summed E-state index contributed by atoms with van der Waals surface area (Å²) in [4.78, 5) is 17.0. The molecule has 0 unspecified atom stereocenters.